The van der Waals surface area contributed by atoms with Gasteiger partial charge in [-0.1, -0.05) is 52.0 Å². The fourth-order valence-corrected chi connectivity index (χ4v) is 2.88. The van der Waals surface area contributed by atoms with Crippen molar-refractivity contribution in [1.29, 1.82) is 0 Å². The van der Waals surface area contributed by atoms with E-state index in [4.69, 9.17) is 0 Å². The van der Waals surface area contributed by atoms with Crippen molar-refractivity contribution in [2.75, 3.05) is 6.67 Å². The first-order chi connectivity index (χ1) is 13.1. The molecule has 0 saturated carbocycles. The first-order valence-corrected chi connectivity index (χ1v) is 9.00. The number of hydrogen-bond donors (Lipinski definition) is 0. The van der Waals surface area contributed by atoms with E-state index in [0.717, 1.165) is 9.80 Å². The van der Waals surface area contributed by atoms with E-state index < -0.39 is 23.6 Å². The average molecular weight is 417 g/mol. The minimum Gasteiger partial charge on any atom is -0.269 e. The molecule has 0 N–H and O–H groups in total. The molecule has 4 rings (SSSR count). The topological polar surface area (TPSA) is 74.8 Å². The summed E-state index contributed by atoms with van der Waals surface area (Å²) >= 11 is 0. The predicted octanol–water partition coefficient (Wildman–Crippen LogP) is 3.59. The van der Waals surface area contributed by atoms with E-state index >= 15 is 0 Å². The van der Waals surface area contributed by atoms with E-state index in [1.807, 2.05) is 27.7 Å². The van der Waals surface area contributed by atoms with Gasteiger partial charge >= 0.3 is 0 Å². The number of fused-ring (bicyclic) bond motifs is 2. The first-order valence-electron chi connectivity index (χ1n) is 9.00. The molecular formula is C21H22N2O4V. The maximum Gasteiger partial charge on any atom is 0.263 e. The Balaban J connectivity index is 0.000000739. The normalized spacial score (nSPS) is 13.7. The summed E-state index contributed by atoms with van der Waals surface area (Å²) in [5, 5.41) is 0. The van der Waals surface area contributed by atoms with Crippen LogP contribution in [0, 0.1) is 0 Å². The van der Waals surface area contributed by atoms with E-state index in [2.05, 4.69) is 0 Å². The molecule has 28 heavy (non-hydrogen) atoms. The molecule has 0 saturated heterocycles. The number of rotatable bonds is 2. The molecule has 0 aromatic heterocycles. The molecule has 1 radical (unpaired) electrons. The van der Waals surface area contributed by atoms with Crippen molar-refractivity contribution in [3.05, 3.63) is 70.8 Å². The molecule has 0 spiro atoms. The Morgan fingerprint density at radius 1 is 0.536 bits per heavy atom. The molecule has 0 fully saturated rings. The van der Waals surface area contributed by atoms with Crippen LogP contribution in [0.4, 0.5) is 0 Å². The largest absolute Gasteiger partial charge is 0.269 e. The van der Waals surface area contributed by atoms with Crippen LogP contribution in [0.25, 0.3) is 0 Å². The Morgan fingerprint density at radius 2 is 0.750 bits per heavy atom. The number of carbonyl (C=O) groups is 4. The molecule has 7 heteroatoms. The SMILES string of the molecule is CC.CC.O=C1c2ccccc2C(=O)N1CN1C(=O)c2ccccc2C1=O.[V]. The molecule has 4 amide bonds. The molecule has 145 valence electrons. The Kier molecular flexibility index (Phi) is 8.35. The summed E-state index contributed by atoms with van der Waals surface area (Å²) in [7, 11) is 0. The molecule has 0 atom stereocenters. The molecule has 2 aliphatic rings. The molecule has 2 heterocycles. The van der Waals surface area contributed by atoms with Crippen LogP contribution in [-0.2, 0) is 18.6 Å². The summed E-state index contributed by atoms with van der Waals surface area (Å²) in [5.74, 6) is -1.99. The van der Waals surface area contributed by atoms with Gasteiger partial charge in [0.05, 0.1) is 22.3 Å². The van der Waals surface area contributed by atoms with Crippen LogP contribution >= 0.6 is 0 Å². The third-order valence-corrected chi connectivity index (χ3v) is 4.04. The molecule has 2 aromatic carbocycles. The van der Waals surface area contributed by atoms with Crippen LogP contribution in [0.3, 0.4) is 0 Å². The second-order valence-electron chi connectivity index (χ2n) is 5.31. The van der Waals surface area contributed by atoms with Crippen LogP contribution in [0.2, 0.25) is 0 Å². The van der Waals surface area contributed by atoms with Gasteiger partial charge in [0, 0.05) is 18.6 Å². The van der Waals surface area contributed by atoms with Crippen molar-refractivity contribution in [1.82, 2.24) is 9.80 Å². The van der Waals surface area contributed by atoms with Gasteiger partial charge in [0.2, 0.25) is 0 Å². The van der Waals surface area contributed by atoms with Gasteiger partial charge in [-0.3, -0.25) is 29.0 Å². The quantitative estimate of drug-likeness (QED) is 0.700. The van der Waals surface area contributed by atoms with Crippen molar-refractivity contribution >= 4 is 23.6 Å². The van der Waals surface area contributed by atoms with Crippen LogP contribution < -0.4 is 0 Å². The summed E-state index contributed by atoms with van der Waals surface area (Å²) in [6.07, 6.45) is 0. The minimum absolute atomic E-state index is 0. The third kappa shape index (κ3) is 3.79. The second kappa shape index (κ2) is 10.0. The van der Waals surface area contributed by atoms with E-state index in [1.165, 1.54) is 0 Å². The van der Waals surface area contributed by atoms with Crippen LogP contribution in [0.1, 0.15) is 69.1 Å². The number of nitrogens with zero attached hydrogens (tertiary/aromatic N) is 2. The van der Waals surface area contributed by atoms with Gasteiger partial charge in [0.15, 0.2) is 0 Å². The van der Waals surface area contributed by atoms with Gasteiger partial charge in [-0.05, 0) is 24.3 Å². The second-order valence-corrected chi connectivity index (χ2v) is 5.31. The number of amides is 4. The van der Waals surface area contributed by atoms with Crippen LogP contribution in [0.15, 0.2) is 48.5 Å². The fraction of sp³-hybridized carbons (Fsp3) is 0.238. The molecule has 0 bridgehead atoms. The maximum absolute atomic E-state index is 12.3. The molecular weight excluding hydrogens is 395 g/mol. The summed E-state index contributed by atoms with van der Waals surface area (Å²) in [6.45, 7) is 7.62. The van der Waals surface area contributed by atoms with Crippen LogP contribution in [0.5, 0.6) is 0 Å². The minimum atomic E-state index is -0.498. The Morgan fingerprint density at radius 3 is 0.964 bits per heavy atom. The average Bonchev–Trinajstić information content (AvgIpc) is 3.12. The number of carbonyl (C=O) groups excluding carboxylic acids is 4. The zero-order valence-corrected chi connectivity index (χ0v) is 17.7. The molecule has 0 unspecified atom stereocenters. The molecule has 0 aliphatic carbocycles. The fourth-order valence-electron chi connectivity index (χ4n) is 2.88. The van der Waals surface area contributed by atoms with E-state index in [0.29, 0.717) is 0 Å². The zero-order chi connectivity index (χ0) is 20.1. The summed E-state index contributed by atoms with van der Waals surface area (Å²) in [5.41, 5.74) is 1.14. The maximum atomic E-state index is 12.3. The van der Waals surface area contributed by atoms with Gasteiger partial charge < -0.3 is 0 Å². The molecule has 2 aromatic rings. The van der Waals surface area contributed by atoms with Crippen molar-refractivity contribution < 1.29 is 37.7 Å². The standard InChI is InChI=1S/C17H10N2O4.2C2H6.V/c20-14-10-5-1-2-6-11(10)15(21)18(14)9-19-16(22)12-7-3-4-8-13(12)17(19)23;2*1-2;/h1-8H,9H2;2*1-2H3;. The Bertz CT molecular complexity index is 767. The van der Waals surface area contributed by atoms with E-state index in [9.17, 15) is 19.2 Å². The Hall–Kier alpha value is -2.70. The van der Waals surface area contributed by atoms with E-state index in [-0.39, 0.29) is 47.5 Å². The summed E-state index contributed by atoms with van der Waals surface area (Å²) in [4.78, 5) is 51.2. The van der Waals surface area contributed by atoms with Crippen molar-refractivity contribution in [3.63, 3.8) is 0 Å². The number of imide groups is 2. The smallest absolute Gasteiger partial charge is 0.263 e. The van der Waals surface area contributed by atoms with Gasteiger partial charge in [-0.2, -0.15) is 0 Å². The monoisotopic (exact) mass is 417 g/mol. The third-order valence-electron chi connectivity index (χ3n) is 4.04. The van der Waals surface area contributed by atoms with Crippen molar-refractivity contribution in [3.8, 4) is 0 Å². The Labute approximate surface area is 176 Å². The van der Waals surface area contributed by atoms with Crippen molar-refractivity contribution in [2.45, 2.75) is 27.7 Å². The van der Waals surface area contributed by atoms with Gasteiger partial charge in [0.25, 0.3) is 23.6 Å². The van der Waals surface area contributed by atoms with E-state index in [1.54, 1.807) is 48.5 Å². The molecule has 2 aliphatic heterocycles. The molecule has 6 nitrogen and oxygen atoms in total. The first kappa shape index (κ1) is 23.3. The number of hydrogen-bond acceptors (Lipinski definition) is 4. The van der Waals surface area contributed by atoms with Crippen LogP contribution in [-0.4, -0.2) is 40.1 Å². The summed E-state index contributed by atoms with van der Waals surface area (Å²) < 4.78 is 0. The summed E-state index contributed by atoms with van der Waals surface area (Å²) in [6, 6.07) is 12.9. The predicted molar refractivity (Wildman–Crippen MR) is 101 cm³/mol. The van der Waals surface area contributed by atoms with Crippen molar-refractivity contribution in [2.24, 2.45) is 0 Å². The zero-order valence-electron chi connectivity index (χ0n) is 16.3. The van der Waals surface area contributed by atoms with Gasteiger partial charge in [-0.25, -0.2) is 0 Å². The van der Waals surface area contributed by atoms with Gasteiger partial charge in [-0.15, -0.1) is 0 Å². The van der Waals surface area contributed by atoms with Gasteiger partial charge in [0.1, 0.15) is 6.67 Å². The number of benzene rings is 2.